The van der Waals surface area contributed by atoms with E-state index < -0.39 is 17.8 Å². The molecular weight excluding hydrogens is 469 g/mol. The Hall–Kier alpha value is -3.52. The first-order chi connectivity index (χ1) is 17.2. The van der Waals surface area contributed by atoms with Crippen LogP contribution in [0.2, 0.25) is 0 Å². The number of carbonyl (C=O) groups excluding carboxylic acids is 1. The van der Waals surface area contributed by atoms with E-state index in [0.717, 1.165) is 28.8 Å². The molecule has 0 saturated heterocycles. The van der Waals surface area contributed by atoms with E-state index >= 15 is 0 Å². The molecular formula is C28H31F3N2O3. The maximum absolute atomic E-state index is 12.9. The van der Waals surface area contributed by atoms with E-state index in [2.05, 4.69) is 10.6 Å². The molecule has 0 radical (unpaired) electrons. The van der Waals surface area contributed by atoms with E-state index in [4.69, 9.17) is 9.47 Å². The predicted molar refractivity (Wildman–Crippen MR) is 133 cm³/mol. The fourth-order valence-electron chi connectivity index (χ4n) is 4.08. The number of carbonyl (C=O) groups is 1. The molecule has 3 rings (SSSR count). The lowest BCUT2D eigenvalue weighted by atomic mass is 9.95. The summed E-state index contributed by atoms with van der Waals surface area (Å²) in [6.45, 7) is 0. The van der Waals surface area contributed by atoms with Gasteiger partial charge in [-0.25, -0.2) is 0 Å². The van der Waals surface area contributed by atoms with Gasteiger partial charge in [-0.1, -0.05) is 48.5 Å². The first-order valence-electron chi connectivity index (χ1n) is 11.6. The topological polar surface area (TPSA) is 59.6 Å². The van der Waals surface area contributed by atoms with E-state index in [1.807, 2.05) is 42.5 Å². The van der Waals surface area contributed by atoms with Gasteiger partial charge in [0.2, 0.25) is 5.91 Å². The monoisotopic (exact) mass is 500 g/mol. The summed E-state index contributed by atoms with van der Waals surface area (Å²) in [6.07, 6.45) is -2.84. The summed E-state index contributed by atoms with van der Waals surface area (Å²) in [5, 5.41) is 6.20. The molecule has 0 bridgehead atoms. The second kappa shape index (κ2) is 12.4. The molecule has 3 aromatic carbocycles. The average molecular weight is 501 g/mol. The van der Waals surface area contributed by atoms with Crippen LogP contribution in [0.5, 0.6) is 11.5 Å². The molecule has 3 aromatic rings. The van der Waals surface area contributed by atoms with E-state index in [1.165, 1.54) is 12.1 Å². The van der Waals surface area contributed by atoms with Crippen LogP contribution in [-0.2, 0) is 23.8 Å². The maximum Gasteiger partial charge on any atom is 0.416 e. The van der Waals surface area contributed by atoms with Crippen molar-refractivity contribution < 1.29 is 27.4 Å². The molecule has 8 heteroatoms. The van der Waals surface area contributed by atoms with Crippen molar-refractivity contribution in [3.63, 3.8) is 0 Å². The number of alkyl halides is 3. The van der Waals surface area contributed by atoms with Crippen molar-refractivity contribution in [2.45, 2.75) is 37.5 Å². The Labute approximate surface area is 209 Å². The lowest BCUT2D eigenvalue weighted by Gasteiger charge is -2.26. The Morgan fingerprint density at radius 1 is 0.889 bits per heavy atom. The zero-order valence-electron chi connectivity index (χ0n) is 20.6. The molecule has 0 fully saturated rings. The number of methoxy groups -OCH3 is 2. The van der Waals surface area contributed by atoms with Gasteiger partial charge in [0.25, 0.3) is 0 Å². The van der Waals surface area contributed by atoms with Crippen LogP contribution in [0.1, 0.15) is 34.7 Å². The summed E-state index contributed by atoms with van der Waals surface area (Å²) in [5.74, 6) is 0.976. The molecule has 0 saturated carbocycles. The second-order valence-electron chi connectivity index (χ2n) is 8.42. The zero-order chi connectivity index (χ0) is 26.1. The normalized spacial score (nSPS) is 13.1. The molecule has 0 aromatic heterocycles. The van der Waals surface area contributed by atoms with Crippen LogP contribution in [0.25, 0.3) is 0 Å². The van der Waals surface area contributed by atoms with Gasteiger partial charge in [0.1, 0.15) is 0 Å². The molecule has 0 aliphatic heterocycles. The van der Waals surface area contributed by atoms with Crippen LogP contribution in [0, 0.1) is 0 Å². The van der Waals surface area contributed by atoms with Gasteiger partial charge in [0.15, 0.2) is 11.5 Å². The molecule has 5 nitrogen and oxygen atoms in total. The lowest BCUT2D eigenvalue weighted by Crippen LogP contribution is -2.46. The fourth-order valence-corrected chi connectivity index (χ4v) is 4.08. The highest BCUT2D eigenvalue weighted by Crippen LogP contribution is 2.33. The number of ether oxygens (including phenoxy) is 2. The number of rotatable bonds is 11. The number of likely N-dealkylation sites (N-methyl/N-ethyl adjacent to an activating group) is 1. The van der Waals surface area contributed by atoms with Crippen LogP contribution in [0.15, 0.2) is 72.8 Å². The molecule has 0 heterocycles. The summed E-state index contributed by atoms with van der Waals surface area (Å²) in [7, 11) is 4.70. The van der Waals surface area contributed by atoms with Gasteiger partial charge in [-0.2, -0.15) is 13.2 Å². The van der Waals surface area contributed by atoms with Crippen molar-refractivity contribution in [1.29, 1.82) is 0 Å². The maximum atomic E-state index is 12.9. The number of aryl methyl sites for hydroxylation is 1. The van der Waals surface area contributed by atoms with Crippen LogP contribution in [-0.4, -0.2) is 33.2 Å². The summed E-state index contributed by atoms with van der Waals surface area (Å²) < 4.78 is 49.7. The molecule has 2 atom stereocenters. The number of hydrogen-bond acceptors (Lipinski definition) is 4. The van der Waals surface area contributed by atoms with Crippen molar-refractivity contribution >= 4 is 5.91 Å². The summed E-state index contributed by atoms with van der Waals surface area (Å²) in [5.41, 5.74) is 1.98. The molecule has 2 N–H and O–H groups in total. The van der Waals surface area contributed by atoms with E-state index in [1.54, 1.807) is 27.3 Å². The SMILES string of the molecule is CNC(=O)[C@@H](Cc1ccccc1)N[C@@H](CCc1ccc(C(F)(F)F)cc1)c1ccc(OC)c(OC)c1. The minimum absolute atomic E-state index is 0.154. The second-order valence-corrected chi connectivity index (χ2v) is 8.42. The van der Waals surface area contributed by atoms with Crippen LogP contribution in [0.3, 0.4) is 0 Å². The van der Waals surface area contributed by atoms with Crippen molar-refractivity contribution in [2.24, 2.45) is 0 Å². The third-order valence-electron chi connectivity index (χ3n) is 6.06. The Kier molecular flexibility index (Phi) is 9.36. The Morgan fingerprint density at radius 3 is 2.14 bits per heavy atom. The Bertz CT molecular complexity index is 1120. The first kappa shape index (κ1) is 27.1. The quantitative estimate of drug-likeness (QED) is 0.373. The molecule has 0 spiro atoms. The lowest BCUT2D eigenvalue weighted by molar-refractivity contribution is -0.137. The van der Waals surface area contributed by atoms with Crippen molar-refractivity contribution in [3.8, 4) is 11.5 Å². The van der Waals surface area contributed by atoms with Crippen molar-refractivity contribution in [1.82, 2.24) is 10.6 Å². The van der Waals surface area contributed by atoms with E-state index in [-0.39, 0.29) is 11.9 Å². The van der Waals surface area contributed by atoms with Gasteiger partial charge in [-0.05, 0) is 60.2 Å². The molecule has 0 aliphatic carbocycles. The van der Waals surface area contributed by atoms with Gasteiger partial charge in [-0.3, -0.25) is 10.1 Å². The number of amides is 1. The average Bonchev–Trinajstić information content (AvgIpc) is 2.89. The minimum atomic E-state index is -4.37. The highest BCUT2D eigenvalue weighted by molar-refractivity contribution is 5.81. The van der Waals surface area contributed by atoms with Gasteiger partial charge < -0.3 is 14.8 Å². The predicted octanol–water partition coefficient (Wildman–Crippen LogP) is 5.34. The first-order valence-corrected chi connectivity index (χ1v) is 11.6. The number of nitrogens with one attached hydrogen (secondary N) is 2. The zero-order valence-corrected chi connectivity index (χ0v) is 20.6. The van der Waals surface area contributed by atoms with Crippen LogP contribution in [0.4, 0.5) is 13.2 Å². The van der Waals surface area contributed by atoms with Gasteiger partial charge in [0, 0.05) is 13.1 Å². The Balaban J connectivity index is 1.87. The van der Waals surface area contributed by atoms with Gasteiger partial charge >= 0.3 is 6.18 Å². The minimum Gasteiger partial charge on any atom is -0.493 e. The molecule has 0 unspecified atom stereocenters. The van der Waals surface area contributed by atoms with Crippen LogP contribution < -0.4 is 20.1 Å². The molecule has 192 valence electrons. The standard InChI is InChI=1S/C28H31F3N2O3/c1-32-27(34)24(17-20-7-5-4-6-8-20)33-23(21-12-16-25(35-2)26(18-21)36-3)15-11-19-9-13-22(14-10-19)28(29,30)31/h4-10,12-14,16,18,23-24,33H,11,15,17H2,1-3H3,(H,32,34)/t23-,24+/m0/s1. The van der Waals surface area contributed by atoms with E-state index in [9.17, 15) is 18.0 Å². The summed E-state index contributed by atoms with van der Waals surface area (Å²) >= 11 is 0. The number of hydrogen-bond donors (Lipinski definition) is 2. The van der Waals surface area contributed by atoms with Crippen molar-refractivity contribution in [2.75, 3.05) is 21.3 Å². The molecule has 1 amide bonds. The number of halogens is 3. The summed E-state index contributed by atoms with van der Waals surface area (Å²) in [6, 6.07) is 19.6. The molecule has 36 heavy (non-hydrogen) atoms. The molecule has 0 aliphatic rings. The highest BCUT2D eigenvalue weighted by Gasteiger charge is 2.30. The fraction of sp³-hybridized carbons (Fsp3) is 0.321. The van der Waals surface area contributed by atoms with Crippen molar-refractivity contribution in [3.05, 3.63) is 95.1 Å². The largest absolute Gasteiger partial charge is 0.493 e. The number of benzene rings is 3. The van der Waals surface area contributed by atoms with Gasteiger partial charge in [0.05, 0.1) is 25.8 Å². The van der Waals surface area contributed by atoms with Crippen LogP contribution >= 0.6 is 0 Å². The summed E-state index contributed by atoms with van der Waals surface area (Å²) in [4.78, 5) is 12.8. The Morgan fingerprint density at radius 2 is 1.56 bits per heavy atom. The van der Waals surface area contributed by atoms with E-state index in [0.29, 0.717) is 30.8 Å². The third-order valence-corrected chi connectivity index (χ3v) is 6.06. The third kappa shape index (κ3) is 7.24. The van der Waals surface area contributed by atoms with Gasteiger partial charge in [-0.15, -0.1) is 0 Å². The highest BCUT2D eigenvalue weighted by atomic mass is 19.4. The smallest absolute Gasteiger partial charge is 0.416 e.